The molecular weight excluding hydrogens is 781 g/mol. The van der Waals surface area contributed by atoms with E-state index in [-0.39, 0.29) is 42.0 Å². The van der Waals surface area contributed by atoms with Crippen molar-refractivity contribution < 1.29 is 56.8 Å². The van der Waals surface area contributed by atoms with E-state index in [1.54, 1.807) is 0 Å². The van der Waals surface area contributed by atoms with Gasteiger partial charge in [-0.1, -0.05) is 49.0 Å². The summed E-state index contributed by atoms with van der Waals surface area (Å²) in [6.45, 7) is 53.7. The van der Waals surface area contributed by atoms with Crippen LogP contribution in [0.4, 0.5) is 0 Å². The molecule has 376 valence electrons. The molecule has 0 fully saturated rings. The number of hydrogen-bond donors (Lipinski definition) is 0. The molecule has 12 nitrogen and oxygen atoms in total. The molecule has 0 radical (unpaired) electrons. The third-order valence-corrected chi connectivity index (χ3v) is 6.43. The normalized spacial score (nSPS) is 13.1. The van der Waals surface area contributed by atoms with E-state index in [9.17, 15) is 0 Å². The van der Waals surface area contributed by atoms with Gasteiger partial charge in [-0.3, -0.25) is 0 Å². The van der Waals surface area contributed by atoms with Crippen molar-refractivity contribution in [2.45, 2.75) is 193 Å². The van der Waals surface area contributed by atoms with Gasteiger partial charge in [0.2, 0.25) is 0 Å². The Morgan fingerprint density at radius 2 is 0.525 bits per heavy atom. The predicted molar refractivity (Wildman–Crippen MR) is 256 cm³/mol. The summed E-state index contributed by atoms with van der Waals surface area (Å²) in [7, 11) is 0. The van der Waals surface area contributed by atoms with Gasteiger partial charge < -0.3 is 56.8 Å². The summed E-state index contributed by atoms with van der Waals surface area (Å²) in [6, 6.07) is 0. The fraction of sp³-hybridized carbons (Fsp3) is 1.00. The topological polar surface area (TPSA) is 111 Å². The standard InChI is InChI=1S/C13H28O3.2C12H26O3.C11H24O3.CH4/c1-11(2)9-14-7-8-15-10-12(3)16-13(4,5)6;1-11(2)10-14-7-6-13-8-9-15-12(3,4)5;1-6-7-13-8-9-14-10-11(2)15-12(3,4)5;1-5-6-12-7-8-13-9-10-14-11(2,3)4;/h11-12H,7-10H2,1-6H3;2*11H,6-10H2,1-5H3;5-10H2,1-4H3;1H4. The number of rotatable bonds is 32. The van der Waals surface area contributed by atoms with Gasteiger partial charge in [0.25, 0.3) is 0 Å². The van der Waals surface area contributed by atoms with E-state index in [4.69, 9.17) is 56.8 Å². The first kappa shape index (κ1) is 69.6. The van der Waals surface area contributed by atoms with Gasteiger partial charge in [-0.2, -0.15) is 0 Å². The van der Waals surface area contributed by atoms with Crippen molar-refractivity contribution in [1.82, 2.24) is 0 Å². The minimum absolute atomic E-state index is 0. The Bertz CT molecular complexity index is 829. The zero-order valence-corrected chi connectivity index (χ0v) is 43.4. The van der Waals surface area contributed by atoms with Crippen LogP contribution in [0.25, 0.3) is 0 Å². The number of ether oxygens (including phenoxy) is 12. The van der Waals surface area contributed by atoms with Crippen molar-refractivity contribution in [3.63, 3.8) is 0 Å². The summed E-state index contributed by atoms with van der Waals surface area (Å²) >= 11 is 0. The minimum Gasteiger partial charge on any atom is -0.379 e. The van der Waals surface area contributed by atoms with Gasteiger partial charge in [0, 0.05) is 26.4 Å². The van der Waals surface area contributed by atoms with Crippen molar-refractivity contribution in [3.05, 3.63) is 0 Å². The molecule has 0 aliphatic rings. The molecule has 2 atom stereocenters. The first-order valence-corrected chi connectivity index (χ1v) is 23.0. The molecule has 0 aromatic carbocycles. The third kappa shape index (κ3) is 80.3. The highest BCUT2D eigenvalue weighted by Gasteiger charge is 2.16. The molecule has 0 amide bonds. The first-order chi connectivity index (χ1) is 27.7. The van der Waals surface area contributed by atoms with Crippen LogP contribution in [-0.2, 0) is 56.8 Å². The highest BCUT2D eigenvalue weighted by Crippen LogP contribution is 2.12. The van der Waals surface area contributed by atoms with E-state index in [0.29, 0.717) is 104 Å². The van der Waals surface area contributed by atoms with Crippen molar-refractivity contribution >= 4 is 0 Å². The van der Waals surface area contributed by atoms with Crippen LogP contribution in [0.5, 0.6) is 0 Å². The lowest BCUT2D eigenvalue weighted by molar-refractivity contribution is -0.0890. The van der Waals surface area contributed by atoms with Crippen LogP contribution in [0.1, 0.15) is 159 Å². The van der Waals surface area contributed by atoms with E-state index in [1.807, 2.05) is 76.2 Å². The maximum absolute atomic E-state index is 5.72. The lowest BCUT2D eigenvalue weighted by Gasteiger charge is -2.24. The predicted octanol–water partition coefficient (Wildman–Crippen LogP) is 10.9. The number of hydrogen-bond acceptors (Lipinski definition) is 12. The van der Waals surface area contributed by atoms with Gasteiger partial charge in [-0.05, 0) is 122 Å². The molecule has 12 heteroatoms. The van der Waals surface area contributed by atoms with Gasteiger partial charge >= 0.3 is 0 Å². The summed E-state index contributed by atoms with van der Waals surface area (Å²) in [5, 5.41) is 0. The largest absolute Gasteiger partial charge is 0.379 e. The fourth-order valence-electron chi connectivity index (χ4n) is 4.39. The van der Waals surface area contributed by atoms with E-state index >= 15 is 0 Å². The molecule has 0 aliphatic carbocycles. The van der Waals surface area contributed by atoms with Gasteiger partial charge in [0.1, 0.15) is 0 Å². The van der Waals surface area contributed by atoms with Crippen LogP contribution in [0.15, 0.2) is 0 Å². The molecule has 61 heavy (non-hydrogen) atoms. The smallest absolute Gasteiger partial charge is 0.0787 e. The van der Waals surface area contributed by atoms with Gasteiger partial charge in [-0.25, -0.2) is 0 Å². The Kier molecular flexibility index (Phi) is 51.0. The Morgan fingerprint density at radius 3 is 0.754 bits per heavy atom. The highest BCUT2D eigenvalue weighted by atomic mass is 16.6. The second kappa shape index (κ2) is 44.7. The molecule has 0 bridgehead atoms. The molecule has 0 aliphatic heterocycles. The molecular formula is C49H108O12. The van der Waals surface area contributed by atoms with Crippen molar-refractivity contribution in [2.75, 3.05) is 119 Å². The SMILES string of the molecule is C.CC(C)COCCOCC(C)OC(C)(C)C.CC(C)COCCOCCOC(C)(C)C.CCCOCCOCC(C)OC(C)(C)C.CCCOCCOCCOC(C)(C)C. The summed E-state index contributed by atoms with van der Waals surface area (Å²) in [4.78, 5) is 0. The first-order valence-electron chi connectivity index (χ1n) is 23.0. The maximum atomic E-state index is 5.72. The molecule has 0 rings (SSSR count). The summed E-state index contributed by atoms with van der Waals surface area (Å²) in [5.74, 6) is 1.18. The quantitative estimate of drug-likeness (QED) is 0.0600. The van der Waals surface area contributed by atoms with Crippen molar-refractivity contribution in [3.8, 4) is 0 Å². The van der Waals surface area contributed by atoms with Crippen LogP contribution < -0.4 is 0 Å². The Labute approximate surface area is 380 Å². The molecule has 0 N–H and O–H groups in total. The molecule has 0 aromatic heterocycles. The lowest BCUT2D eigenvalue weighted by Crippen LogP contribution is -2.29. The summed E-state index contributed by atoms with van der Waals surface area (Å²) in [6.07, 6.45) is 2.39. The molecule has 0 saturated carbocycles. The van der Waals surface area contributed by atoms with E-state index in [2.05, 4.69) is 62.3 Å². The van der Waals surface area contributed by atoms with E-state index in [1.165, 1.54) is 0 Å². The van der Waals surface area contributed by atoms with Crippen molar-refractivity contribution in [1.29, 1.82) is 0 Å². The van der Waals surface area contributed by atoms with Crippen LogP contribution in [0.3, 0.4) is 0 Å². The average Bonchev–Trinajstić information content (AvgIpc) is 3.08. The molecule has 0 saturated heterocycles. The van der Waals surface area contributed by atoms with Crippen LogP contribution in [0, 0.1) is 11.8 Å². The molecule has 2 unspecified atom stereocenters. The van der Waals surface area contributed by atoms with Crippen LogP contribution in [-0.4, -0.2) is 154 Å². The molecule has 0 aromatic rings. The monoisotopic (exact) mass is 889 g/mol. The average molecular weight is 889 g/mol. The summed E-state index contributed by atoms with van der Waals surface area (Å²) < 4.78 is 65.4. The second-order valence-corrected chi connectivity index (χ2v) is 19.5. The van der Waals surface area contributed by atoms with Gasteiger partial charge in [-0.15, -0.1) is 0 Å². The Hall–Kier alpha value is -0.480. The van der Waals surface area contributed by atoms with E-state index in [0.717, 1.165) is 39.3 Å². The molecule has 0 spiro atoms. The fourth-order valence-corrected chi connectivity index (χ4v) is 4.39. The van der Waals surface area contributed by atoms with Crippen LogP contribution in [0.2, 0.25) is 0 Å². The maximum Gasteiger partial charge on any atom is 0.0787 e. The van der Waals surface area contributed by atoms with Gasteiger partial charge in [0.05, 0.1) is 127 Å². The highest BCUT2D eigenvalue weighted by molar-refractivity contribution is 4.63. The van der Waals surface area contributed by atoms with Gasteiger partial charge in [0.15, 0.2) is 0 Å². The van der Waals surface area contributed by atoms with E-state index < -0.39 is 0 Å². The van der Waals surface area contributed by atoms with Crippen molar-refractivity contribution in [2.24, 2.45) is 11.8 Å². The third-order valence-electron chi connectivity index (χ3n) is 6.43. The molecule has 0 heterocycles. The minimum atomic E-state index is -0.100. The zero-order valence-electron chi connectivity index (χ0n) is 43.4. The second-order valence-electron chi connectivity index (χ2n) is 19.5. The Morgan fingerprint density at radius 1 is 0.295 bits per heavy atom. The summed E-state index contributed by atoms with van der Waals surface area (Å²) in [5.41, 5.74) is -0.335. The van der Waals surface area contributed by atoms with Crippen LogP contribution >= 0.6 is 0 Å². The zero-order chi connectivity index (χ0) is 46.9. The Balaban J connectivity index is -0.000000227. The lowest BCUT2D eigenvalue weighted by atomic mass is 10.2.